The van der Waals surface area contributed by atoms with Crippen molar-refractivity contribution in [3.05, 3.63) is 125 Å². The van der Waals surface area contributed by atoms with Crippen molar-refractivity contribution in [1.82, 2.24) is 10.2 Å². The lowest BCUT2D eigenvalue weighted by Gasteiger charge is -2.34. The summed E-state index contributed by atoms with van der Waals surface area (Å²) in [6.07, 6.45) is 0.805. The summed E-state index contributed by atoms with van der Waals surface area (Å²) in [6.45, 7) is 3.38. The van der Waals surface area contributed by atoms with Crippen LogP contribution in [0.1, 0.15) is 29.2 Å². The summed E-state index contributed by atoms with van der Waals surface area (Å²) in [5.74, 6) is -0.263. The van der Waals surface area contributed by atoms with Crippen LogP contribution in [-0.4, -0.2) is 51.9 Å². The third-order valence-corrected chi connectivity index (χ3v) is 9.31. The fourth-order valence-corrected chi connectivity index (χ4v) is 6.54. The van der Waals surface area contributed by atoms with Crippen molar-refractivity contribution in [2.75, 3.05) is 25.0 Å². The molecule has 1 N–H and O–H groups in total. The Balaban J connectivity index is 1.82. The van der Waals surface area contributed by atoms with Crippen LogP contribution in [0.5, 0.6) is 5.75 Å². The Hall–Kier alpha value is -4.63. The number of nitrogens with zero attached hydrogens (tertiary/aromatic N) is 2. The molecular weight excluding hydrogens is 574 g/mol. The Morgan fingerprint density at radius 2 is 1.52 bits per heavy atom. The number of ether oxygens (including phenoxy) is 1. The molecule has 2 amide bonds. The van der Waals surface area contributed by atoms with Crippen LogP contribution in [0.3, 0.4) is 0 Å². The minimum Gasteiger partial charge on any atom is -0.497 e. The van der Waals surface area contributed by atoms with Crippen LogP contribution >= 0.6 is 0 Å². The predicted octanol–water partition coefficient (Wildman–Crippen LogP) is 5.15. The minimum absolute atomic E-state index is 0.0643. The summed E-state index contributed by atoms with van der Waals surface area (Å²) in [4.78, 5) is 29.4. The number of benzene rings is 4. The van der Waals surface area contributed by atoms with Gasteiger partial charge in [0.1, 0.15) is 18.3 Å². The number of carbonyl (C=O) groups excluding carboxylic acids is 2. The van der Waals surface area contributed by atoms with E-state index in [2.05, 4.69) is 5.32 Å². The molecular formula is C35H39N3O5S. The molecule has 0 aromatic heterocycles. The lowest BCUT2D eigenvalue weighted by atomic mass is 10.0. The molecule has 8 nitrogen and oxygen atoms in total. The van der Waals surface area contributed by atoms with Crippen molar-refractivity contribution in [3.63, 3.8) is 0 Å². The number of anilines is 1. The molecule has 1 atom stereocenters. The van der Waals surface area contributed by atoms with Crippen molar-refractivity contribution >= 4 is 27.5 Å². The number of rotatable bonds is 13. The second-order valence-corrected chi connectivity index (χ2v) is 12.4. The van der Waals surface area contributed by atoms with Crippen LogP contribution in [-0.2, 0) is 39.0 Å². The molecule has 4 aromatic carbocycles. The lowest BCUT2D eigenvalue weighted by molar-refractivity contribution is -0.139. The Bertz CT molecular complexity index is 1670. The minimum atomic E-state index is -4.16. The zero-order valence-electron chi connectivity index (χ0n) is 25.6. The topological polar surface area (TPSA) is 96.0 Å². The standard InChI is InChI=1S/C35H39N3O5S/c1-5-29-15-9-10-17-32(29)38(44(41,42)31-20-18-26(2)19-21-31)25-34(39)37(24-28-14-11-16-30(22-28)43-4)33(35(40)36-3)23-27-12-7-6-8-13-27/h6-22,33H,5,23-25H2,1-4H3,(H,36,40). The average molecular weight is 614 g/mol. The van der Waals surface area contributed by atoms with Crippen LogP contribution in [0.15, 0.2) is 108 Å². The molecule has 0 saturated carbocycles. The monoisotopic (exact) mass is 613 g/mol. The van der Waals surface area contributed by atoms with E-state index in [1.165, 1.54) is 16.3 Å². The van der Waals surface area contributed by atoms with Gasteiger partial charge in [-0.15, -0.1) is 0 Å². The fourth-order valence-electron chi connectivity index (χ4n) is 5.09. The van der Waals surface area contributed by atoms with Crippen LogP contribution in [0.2, 0.25) is 0 Å². The number of carbonyl (C=O) groups is 2. The number of methoxy groups -OCH3 is 1. The zero-order chi connectivity index (χ0) is 31.7. The summed E-state index contributed by atoms with van der Waals surface area (Å²) in [5, 5.41) is 2.70. The summed E-state index contributed by atoms with van der Waals surface area (Å²) in [5.41, 5.74) is 3.72. The number of hydrogen-bond donors (Lipinski definition) is 1. The highest BCUT2D eigenvalue weighted by Crippen LogP contribution is 2.29. The van der Waals surface area contributed by atoms with E-state index in [1.54, 1.807) is 55.6 Å². The second-order valence-electron chi connectivity index (χ2n) is 10.5. The van der Waals surface area contributed by atoms with Gasteiger partial charge in [0.2, 0.25) is 11.8 Å². The van der Waals surface area contributed by atoms with E-state index < -0.39 is 28.5 Å². The molecule has 44 heavy (non-hydrogen) atoms. The molecule has 0 aliphatic rings. The maximum Gasteiger partial charge on any atom is 0.264 e. The van der Waals surface area contributed by atoms with Gasteiger partial charge in [-0.25, -0.2) is 8.42 Å². The van der Waals surface area contributed by atoms with Gasteiger partial charge in [-0.2, -0.15) is 0 Å². The Labute approximate surface area is 260 Å². The predicted molar refractivity (Wildman–Crippen MR) is 173 cm³/mol. The number of para-hydroxylation sites is 1. The van der Waals surface area contributed by atoms with E-state index in [0.29, 0.717) is 17.9 Å². The van der Waals surface area contributed by atoms with E-state index >= 15 is 0 Å². The van der Waals surface area contributed by atoms with Gasteiger partial charge in [-0.05, 0) is 60.4 Å². The van der Waals surface area contributed by atoms with Crippen LogP contribution in [0.25, 0.3) is 0 Å². The number of sulfonamides is 1. The first kappa shape index (κ1) is 32.3. The van der Waals surface area contributed by atoms with Crippen molar-refractivity contribution in [3.8, 4) is 5.75 Å². The molecule has 4 rings (SSSR count). The highest BCUT2D eigenvalue weighted by molar-refractivity contribution is 7.92. The van der Waals surface area contributed by atoms with Gasteiger partial charge in [0, 0.05) is 20.0 Å². The number of hydrogen-bond acceptors (Lipinski definition) is 5. The maximum absolute atomic E-state index is 14.5. The normalized spacial score (nSPS) is 11.8. The highest BCUT2D eigenvalue weighted by atomic mass is 32.2. The summed E-state index contributed by atoms with van der Waals surface area (Å²) in [7, 11) is -1.07. The molecule has 230 valence electrons. The van der Waals surface area contributed by atoms with Gasteiger partial charge < -0.3 is 15.0 Å². The van der Waals surface area contributed by atoms with E-state index in [9.17, 15) is 18.0 Å². The first-order valence-electron chi connectivity index (χ1n) is 14.5. The molecule has 0 aliphatic heterocycles. The highest BCUT2D eigenvalue weighted by Gasteiger charge is 2.35. The number of nitrogens with one attached hydrogen (secondary N) is 1. The summed E-state index contributed by atoms with van der Waals surface area (Å²) in [6, 6.07) is 29.5. The molecule has 0 fully saturated rings. The third-order valence-electron chi connectivity index (χ3n) is 7.53. The maximum atomic E-state index is 14.5. The van der Waals surface area contributed by atoms with Gasteiger partial charge in [-0.1, -0.05) is 85.3 Å². The Morgan fingerprint density at radius 1 is 0.864 bits per heavy atom. The molecule has 0 spiro atoms. The lowest BCUT2D eigenvalue weighted by Crippen LogP contribution is -2.53. The number of aryl methyl sites for hydroxylation is 2. The fraction of sp³-hybridized carbons (Fsp3) is 0.257. The third kappa shape index (κ3) is 7.65. The molecule has 0 radical (unpaired) electrons. The quantitative estimate of drug-likeness (QED) is 0.225. The van der Waals surface area contributed by atoms with Crippen LogP contribution in [0.4, 0.5) is 5.69 Å². The molecule has 9 heteroatoms. The first-order valence-corrected chi connectivity index (χ1v) is 16.0. The van der Waals surface area contributed by atoms with Gasteiger partial charge in [0.15, 0.2) is 0 Å². The van der Waals surface area contributed by atoms with E-state index in [4.69, 9.17) is 4.74 Å². The van der Waals surface area contributed by atoms with Crippen LogP contribution < -0.4 is 14.4 Å². The van der Waals surface area contributed by atoms with Crippen molar-refractivity contribution in [2.45, 2.75) is 44.2 Å². The zero-order valence-corrected chi connectivity index (χ0v) is 26.4. The molecule has 0 aliphatic carbocycles. The van der Waals surface area contributed by atoms with Gasteiger partial charge in [0.25, 0.3) is 10.0 Å². The van der Waals surface area contributed by atoms with Crippen molar-refractivity contribution < 1.29 is 22.7 Å². The molecule has 0 saturated heterocycles. The average Bonchev–Trinajstić information content (AvgIpc) is 3.05. The number of amides is 2. The number of likely N-dealkylation sites (N-methyl/N-ethyl adjacent to an activating group) is 1. The van der Waals surface area contributed by atoms with Crippen LogP contribution in [0, 0.1) is 6.92 Å². The van der Waals surface area contributed by atoms with Crippen molar-refractivity contribution in [2.24, 2.45) is 0 Å². The first-order chi connectivity index (χ1) is 21.2. The molecule has 1 unspecified atom stereocenters. The van der Waals surface area contributed by atoms with E-state index in [0.717, 1.165) is 22.3 Å². The molecule has 0 bridgehead atoms. The van der Waals surface area contributed by atoms with Gasteiger partial charge in [-0.3, -0.25) is 13.9 Å². The van der Waals surface area contributed by atoms with E-state index in [1.807, 2.05) is 68.4 Å². The van der Waals surface area contributed by atoms with E-state index in [-0.39, 0.29) is 23.8 Å². The summed E-state index contributed by atoms with van der Waals surface area (Å²) < 4.78 is 35.0. The SMILES string of the molecule is CCc1ccccc1N(CC(=O)N(Cc1cccc(OC)c1)C(Cc1ccccc1)C(=O)NC)S(=O)(=O)c1ccc(C)cc1. The Morgan fingerprint density at radius 3 is 2.18 bits per heavy atom. The molecule has 0 heterocycles. The largest absolute Gasteiger partial charge is 0.497 e. The Kier molecular flexibility index (Phi) is 10.8. The van der Waals surface area contributed by atoms with Gasteiger partial charge >= 0.3 is 0 Å². The smallest absolute Gasteiger partial charge is 0.264 e. The molecule has 4 aromatic rings. The van der Waals surface area contributed by atoms with Crippen molar-refractivity contribution in [1.29, 1.82) is 0 Å². The summed E-state index contributed by atoms with van der Waals surface area (Å²) >= 11 is 0. The second kappa shape index (κ2) is 14.7. The van der Waals surface area contributed by atoms with Gasteiger partial charge in [0.05, 0.1) is 17.7 Å².